The van der Waals surface area contributed by atoms with Crippen LogP contribution >= 0.6 is 0 Å². The summed E-state index contributed by atoms with van der Waals surface area (Å²) in [6.45, 7) is 5.03. The first-order valence-corrected chi connectivity index (χ1v) is 5.35. The Labute approximate surface area is 104 Å². The number of hydrogen-bond acceptors (Lipinski definition) is 5. The van der Waals surface area contributed by atoms with E-state index in [1.165, 1.54) is 6.92 Å². The summed E-state index contributed by atoms with van der Waals surface area (Å²) in [6.07, 6.45) is -0.269. The number of carbonyl (C=O) groups excluding carboxylic acids is 1. The SMILES string of the molecule is C=C(C)C(=O)OCCN[C@@H](CCC(=O)O)C(=O)O. The van der Waals surface area contributed by atoms with Gasteiger partial charge in [0, 0.05) is 18.5 Å². The van der Waals surface area contributed by atoms with E-state index in [4.69, 9.17) is 14.9 Å². The molecule has 7 heteroatoms. The maximum absolute atomic E-state index is 11.0. The molecule has 0 aliphatic carbocycles. The number of carboxylic acid groups (broad SMARTS) is 2. The number of aliphatic carboxylic acids is 2. The number of ether oxygens (including phenoxy) is 1. The number of rotatable bonds is 9. The lowest BCUT2D eigenvalue weighted by molar-refractivity contribution is -0.140. The van der Waals surface area contributed by atoms with Gasteiger partial charge in [0.05, 0.1) is 0 Å². The second-order valence-corrected chi connectivity index (χ2v) is 3.69. The lowest BCUT2D eigenvalue weighted by atomic mass is 10.1. The van der Waals surface area contributed by atoms with Gasteiger partial charge in [-0.1, -0.05) is 6.58 Å². The first-order chi connectivity index (χ1) is 8.34. The van der Waals surface area contributed by atoms with Gasteiger partial charge in [0.15, 0.2) is 0 Å². The van der Waals surface area contributed by atoms with Crippen molar-refractivity contribution in [1.82, 2.24) is 5.32 Å². The van der Waals surface area contributed by atoms with E-state index in [1.54, 1.807) is 0 Å². The van der Waals surface area contributed by atoms with E-state index in [1.807, 2.05) is 0 Å². The lowest BCUT2D eigenvalue weighted by Crippen LogP contribution is -2.39. The molecule has 0 saturated carbocycles. The summed E-state index contributed by atoms with van der Waals surface area (Å²) in [4.78, 5) is 32.1. The first-order valence-electron chi connectivity index (χ1n) is 5.35. The molecule has 1 atom stereocenters. The van der Waals surface area contributed by atoms with Crippen molar-refractivity contribution in [3.05, 3.63) is 12.2 Å². The molecule has 102 valence electrons. The van der Waals surface area contributed by atoms with Crippen LogP contribution in [0.25, 0.3) is 0 Å². The van der Waals surface area contributed by atoms with Crippen molar-refractivity contribution < 1.29 is 29.3 Å². The quantitative estimate of drug-likeness (QED) is 0.304. The molecule has 18 heavy (non-hydrogen) atoms. The van der Waals surface area contributed by atoms with Crippen LogP contribution < -0.4 is 5.32 Å². The molecule has 0 radical (unpaired) electrons. The minimum atomic E-state index is -1.14. The van der Waals surface area contributed by atoms with Gasteiger partial charge in [0.1, 0.15) is 12.6 Å². The van der Waals surface area contributed by atoms with Crippen molar-refractivity contribution in [1.29, 1.82) is 0 Å². The van der Waals surface area contributed by atoms with Crippen LogP contribution in [0.1, 0.15) is 19.8 Å². The van der Waals surface area contributed by atoms with Crippen molar-refractivity contribution in [2.24, 2.45) is 0 Å². The van der Waals surface area contributed by atoms with E-state index >= 15 is 0 Å². The molecule has 0 spiro atoms. The molecule has 0 amide bonds. The maximum atomic E-state index is 11.0. The Hall–Kier alpha value is -1.89. The van der Waals surface area contributed by atoms with E-state index in [-0.39, 0.29) is 31.6 Å². The van der Waals surface area contributed by atoms with Crippen LogP contribution in [0.2, 0.25) is 0 Å². The predicted octanol–water partition coefficient (Wildman–Crippen LogP) is 0.0133. The summed E-state index contributed by atoms with van der Waals surface area (Å²) in [7, 11) is 0. The topological polar surface area (TPSA) is 113 Å². The predicted molar refractivity (Wildman–Crippen MR) is 62.1 cm³/mol. The third-order valence-electron chi connectivity index (χ3n) is 2.02. The second-order valence-electron chi connectivity index (χ2n) is 3.69. The van der Waals surface area contributed by atoms with Gasteiger partial charge in [-0.2, -0.15) is 0 Å². The van der Waals surface area contributed by atoms with Gasteiger partial charge < -0.3 is 20.3 Å². The molecule has 0 bridgehead atoms. The Morgan fingerprint density at radius 1 is 1.33 bits per heavy atom. The smallest absolute Gasteiger partial charge is 0.333 e. The zero-order valence-corrected chi connectivity index (χ0v) is 10.1. The molecular formula is C11H17NO6. The molecule has 0 aromatic carbocycles. The number of nitrogens with one attached hydrogen (secondary N) is 1. The van der Waals surface area contributed by atoms with Crippen LogP contribution in [-0.4, -0.2) is 47.3 Å². The van der Waals surface area contributed by atoms with E-state index in [0.29, 0.717) is 0 Å². The normalized spacial score (nSPS) is 11.6. The summed E-state index contributed by atoms with van der Waals surface area (Å²) < 4.78 is 4.75. The minimum absolute atomic E-state index is 0.00252. The molecule has 0 rings (SSSR count). The molecule has 0 saturated heterocycles. The van der Waals surface area contributed by atoms with Crippen molar-refractivity contribution in [2.75, 3.05) is 13.2 Å². The summed E-state index contributed by atoms with van der Waals surface area (Å²) in [6, 6.07) is -0.968. The third kappa shape index (κ3) is 7.39. The van der Waals surface area contributed by atoms with E-state index < -0.39 is 23.9 Å². The van der Waals surface area contributed by atoms with Crippen molar-refractivity contribution >= 4 is 17.9 Å². The lowest BCUT2D eigenvalue weighted by Gasteiger charge is -2.13. The highest BCUT2D eigenvalue weighted by Crippen LogP contribution is 1.98. The van der Waals surface area contributed by atoms with Crippen molar-refractivity contribution in [3.63, 3.8) is 0 Å². The molecule has 3 N–H and O–H groups in total. The summed E-state index contributed by atoms with van der Waals surface area (Å²) in [5, 5.41) is 19.9. The zero-order chi connectivity index (χ0) is 14.1. The Kier molecular flexibility index (Phi) is 7.37. The van der Waals surface area contributed by atoms with Crippen LogP contribution in [-0.2, 0) is 19.1 Å². The van der Waals surface area contributed by atoms with Gasteiger partial charge in [-0.25, -0.2) is 4.79 Å². The highest BCUT2D eigenvalue weighted by Gasteiger charge is 2.17. The fraction of sp³-hybridized carbons (Fsp3) is 0.545. The second kappa shape index (κ2) is 8.24. The van der Waals surface area contributed by atoms with Crippen LogP contribution in [0, 0.1) is 0 Å². The average Bonchev–Trinajstić information content (AvgIpc) is 2.26. The third-order valence-corrected chi connectivity index (χ3v) is 2.02. The van der Waals surface area contributed by atoms with Crippen LogP contribution in [0.3, 0.4) is 0 Å². The molecular weight excluding hydrogens is 242 g/mol. The Balaban J connectivity index is 3.91. The monoisotopic (exact) mass is 259 g/mol. The average molecular weight is 259 g/mol. The van der Waals surface area contributed by atoms with Crippen molar-refractivity contribution in [3.8, 4) is 0 Å². The molecule has 7 nitrogen and oxygen atoms in total. The highest BCUT2D eigenvalue weighted by atomic mass is 16.5. The molecule has 0 unspecified atom stereocenters. The van der Waals surface area contributed by atoms with Crippen LogP contribution in [0.5, 0.6) is 0 Å². The Morgan fingerprint density at radius 2 is 1.94 bits per heavy atom. The Morgan fingerprint density at radius 3 is 2.39 bits per heavy atom. The highest BCUT2D eigenvalue weighted by molar-refractivity contribution is 5.86. The Bertz CT molecular complexity index is 338. The fourth-order valence-electron chi connectivity index (χ4n) is 1.08. The van der Waals surface area contributed by atoms with Crippen LogP contribution in [0.15, 0.2) is 12.2 Å². The maximum Gasteiger partial charge on any atom is 0.333 e. The standard InChI is InChI=1S/C11H17NO6/c1-7(2)11(17)18-6-5-12-8(10(15)16)3-4-9(13)14/h8,12H,1,3-6H2,2H3,(H,13,14)(H,15,16)/t8-/m0/s1. The molecule has 0 heterocycles. The van der Waals surface area contributed by atoms with Gasteiger partial charge in [-0.3, -0.25) is 9.59 Å². The largest absolute Gasteiger partial charge is 0.481 e. The summed E-state index contributed by atoms with van der Waals surface area (Å²) in [5.74, 6) is -2.74. The van der Waals surface area contributed by atoms with Gasteiger partial charge in [0.2, 0.25) is 0 Å². The summed E-state index contributed by atoms with van der Waals surface area (Å²) >= 11 is 0. The van der Waals surface area contributed by atoms with Gasteiger partial charge in [-0.05, 0) is 13.3 Å². The van der Waals surface area contributed by atoms with E-state index in [9.17, 15) is 14.4 Å². The number of carbonyl (C=O) groups is 3. The van der Waals surface area contributed by atoms with E-state index in [0.717, 1.165) is 0 Å². The molecule has 0 fully saturated rings. The fourth-order valence-corrected chi connectivity index (χ4v) is 1.08. The van der Waals surface area contributed by atoms with Crippen molar-refractivity contribution in [2.45, 2.75) is 25.8 Å². The number of esters is 1. The van der Waals surface area contributed by atoms with Crippen LogP contribution in [0.4, 0.5) is 0 Å². The molecule has 0 aliphatic heterocycles. The number of carboxylic acids is 2. The van der Waals surface area contributed by atoms with Gasteiger partial charge in [-0.15, -0.1) is 0 Å². The van der Waals surface area contributed by atoms with Gasteiger partial charge in [0.25, 0.3) is 0 Å². The number of hydrogen-bond donors (Lipinski definition) is 3. The van der Waals surface area contributed by atoms with Gasteiger partial charge >= 0.3 is 17.9 Å². The molecule has 0 aliphatic rings. The van der Waals surface area contributed by atoms with E-state index in [2.05, 4.69) is 11.9 Å². The summed E-state index contributed by atoms with van der Waals surface area (Å²) in [5.41, 5.74) is 0.260. The molecule has 0 aromatic rings. The molecule has 0 aromatic heterocycles. The minimum Gasteiger partial charge on any atom is -0.481 e. The zero-order valence-electron chi connectivity index (χ0n) is 10.1. The first kappa shape index (κ1) is 16.1.